The van der Waals surface area contributed by atoms with Crippen LogP contribution in [0.5, 0.6) is 5.88 Å². The zero-order valence-electron chi connectivity index (χ0n) is 15.1. The number of H-pyrrole nitrogens is 1. The lowest BCUT2D eigenvalue weighted by Gasteiger charge is -2.30. The van der Waals surface area contributed by atoms with E-state index in [1.54, 1.807) is 12.4 Å². The van der Waals surface area contributed by atoms with E-state index >= 15 is 0 Å². The minimum atomic E-state index is -0.0468. The molecule has 2 saturated carbocycles. The lowest BCUT2D eigenvalue weighted by atomic mass is 9.85. The Balaban J connectivity index is 0.00000112. The topological polar surface area (TPSA) is 106 Å². The van der Waals surface area contributed by atoms with Crippen molar-refractivity contribution in [3.05, 3.63) is 29.6 Å². The fourth-order valence-corrected chi connectivity index (χ4v) is 4.80. The summed E-state index contributed by atoms with van der Waals surface area (Å²) in [4.78, 5) is 15.9. The van der Waals surface area contributed by atoms with Gasteiger partial charge in [0.2, 0.25) is 11.8 Å². The molecule has 2 aliphatic carbocycles. The molecular formula is C19H23Cl2N5O2. The van der Waals surface area contributed by atoms with Gasteiger partial charge < -0.3 is 20.5 Å². The maximum Gasteiger partial charge on any atom is 0.238 e. The Kier molecular flexibility index (Phi) is 5.98. The van der Waals surface area contributed by atoms with E-state index in [2.05, 4.69) is 25.3 Å². The summed E-state index contributed by atoms with van der Waals surface area (Å²) in [5, 5.41) is 23.4. The van der Waals surface area contributed by atoms with Gasteiger partial charge in [-0.05, 0) is 49.3 Å². The van der Waals surface area contributed by atoms with E-state index in [0.29, 0.717) is 29.3 Å². The molecule has 28 heavy (non-hydrogen) atoms. The maximum absolute atomic E-state index is 10.2. The van der Waals surface area contributed by atoms with Crippen molar-refractivity contribution in [3.8, 4) is 5.88 Å². The number of aliphatic hydroxyl groups excluding tert-OH is 1. The zero-order chi connectivity index (χ0) is 17.7. The van der Waals surface area contributed by atoms with Gasteiger partial charge >= 0.3 is 0 Å². The standard InChI is InChI=1S/C19H21N5O2.2ClH/c25-9-14-10-3-4-11(6-10)16(14)23-19-22-15(18(26)24-19)7-12-8-21-17-13(12)2-1-5-20-17;;/h1-2,5,7-8,10-11,14,16,25-26H,3-4,6,9H2,(H2,22,23,24);2*1H/t10-,11+,14+,16+;;/m1../s1. The molecule has 0 unspecified atom stereocenters. The SMILES string of the molecule is Cl.Cl.OC[C@H]1[C@@H]2CC[C@@H](C2)[C@@H]1Nc1nc(O)c(C=C2C=Nc3ncccc32)[nH]1. The number of anilines is 1. The van der Waals surface area contributed by atoms with E-state index in [9.17, 15) is 10.2 Å². The predicted molar refractivity (Wildman–Crippen MR) is 114 cm³/mol. The molecule has 9 heteroatoms. The summed E-state index contributed by atoms with van der Waals surface area (Å²) in [5.74, 6) is 2.63. The maximum atomic E-state index is 10.2. The van der Waals surface area contributed by atoms with E-state index in [0.717, 1.165) is 11.1 Å². The molecule has 2 aromatic heterocycles. The molecule has 0 amide bonds. The Hall–Kier alpha value is -2.09. The van der Waals surface area contributed by atoms with Crippen LogP contribution >= 0.6 is 24.8 Å². The second kappa shape index (κ2) is 8.11. The molecule has 2 bridgehead atoms. The molecule has 150 valence electrons. The van der Waals surface area contributed by atoms with Gasteiger partial charge in [-0.25, -0.2) is 9.98 Å². The average Bonchev–Trinajstić information content (AvgIpc) is 3.41. The Morgan fingerprint density at radius 1 is 1.25 bits per heavy atom. The Morgan fingerprint density at radius 3 is 2.89 bits per heavy atom. The first-order chi connectivity index (χ1) is 12.7. The van der Waals surface area contributed by atoms with Crippen LogP contribution in [0.15, 0.2) is 23.3 Å². The molecule has 1 aliphatic heterocycles. The Labute approximate surface area is 175 Å². The van der Waals surface area contributed by atoms with Crippen LogP contribution in [0.3, 0.4) is 0 Å². The third kappa shape index (κ3) is 3.38. The van der Waals surface area contributed by atoms with Crippen molar-refractivity contribution in [1.82, 2.24) is 15.0 Å². The number of imidazole rings is 1. The lowest BCUT2D eigenvalue weighted by Crippen LogP contribution is -2.37. The molecule has 0 radical (unpaired) electrons. The number of halogens is 2. The molecular weight excluding hydrogens is 401 g/mol. The van der Waals surface area contributed by atoms with Gasteiger partial charge in [-0.15, -0.1) is 24.8 Å². The third-order valence-electron chi connectivity index (χ3n) is 6.04. The van der Waals surface area contributed by atoms with Gasteiger partial charge in [0.15, 0.2) is 5.82 Å². The summed E-state index contributed by atoms with van der Waals surface area (Å²) in [6.45, 7) is 0.197. The predicted octanol–water partition coefficient (Wildman–Crippen LogP) is 3.43. The van der Waals surface area contributed by atoms with Gasteiger partial charge in [-0.1, -0.05) is 0 Å². The van der Waals surface area contributed by atoms with Crippen molar-refractivity contribution >= 4 is 54.4 Å². The molecule has 2 fully saturated rings. The lowest BCUT2D eigenvalue weighted by molar-refractivity contribution is 0.166. The number of fused-ring (bicyclic) bond motifs is 3. The van der Waals surface area contributed by atoms with E-state index in [4.69, 9.17) is 0 Å². The van der Waals surface area contributed by atoms with Crippen LogP contribution in [-0.4, -0.2) is 44.0 Å². The first-order valence-electron chi connectivity index (χ1n) is 9.10. The fourth-order valence-electron chi connectivity index (χ4n) is 4.80. The highest BCUT2D eigenvalue weighted by atomic mass is 35.5. The minimum absolute atomic E-state index is 0. The number of aliphatic imine (C=N–C) groups is 1. The number of nitrogens with zero attached hydrogens (tertiary/aromatic N) is 3. The van der Waals surface area contributed by atoms with Crippen molar-refractivity contribution in [1.29, 1.82) is 0 Å². The van der Waals surface area contributed by atoms with Crippen molar-refractivity contribution in [3.63, 3.8) is 0 Å². The summed E-state index contributed by atoms with van der Waals surface area (Å²) < 4.78 is 0. The average molecular weight is 424 g/mol. The molecule has 0 saturated heterocycles. The van der Waals surface area contributed by atoms with Gasteiger partial charge in [0.25, 0.3) is 0 Å². The first-order valence-corrected chi connectivity index (χ1v) is 9.10. The molecule has 2 aromatic rings. The number of aromatic nitrogens is 3. The van der Waals surface area contributed by atoms with Crippen LogP contribution in [0.2, 0.25) is 0 Å². The summed E-state index contributed by atoms with van der Waals surface area (Å²) in [7, 11) is 0. The van der Waals surface area contributed by atoms with Gasteiger partial charge in [0.1, 0.15) is 5.69 Å². The molecule has 0 aromatic carbocycles. The summed E-state index contributed by atoms with van der Waals surface area (Å²) >= 11 is 0. The second-order valence-corrected chi connectivity index (χ2v) is 7.40. The molecule has 7 nitrogen and oxygen atoms in total. The largest absolute Gasteiger partial charge is 0.492 e. The van der Waals surface area contributed by atoms with Crippen molar-refractivity contribution in [2.45, 2.75) is 25.3 Å². The molecule has 5 rings (SSSR count). The molecule has 3 heterocycles. The molecule has 4 atom stereocenters. The van der Waals surface area contributed by atoms with Gasteiger partial charge in [0.05, 0.1) is 0 Å². The van der Waals surface area contributed by atoms with Crippen LogP contribution in [0, 0.1) is 17.8 Å². The molecule has 3 aliphatic rings. The minimum Gasteiger partial charge on any atom is -0.492 e. The van der Waals surface area contributed by atoms with Crippen LogP contribution in [0.1, 0.15) is 30.5 Å². The van der Waals surface area contributed by atoms with Crippen LogP contribution in [0.25, 0.3) is 11.6 Å². The Bertz CT molecular complexity index is 913. The van der Waals surface area contributed by atoms with Gasteiger partial charge in [-0.2, -0.15) is 4.98 Å². The summed E-state index contributed by atoms with van der Waals surface area (Å²) in [5.41, 5.74) is 2.35. The van der Waals surface area contributed by atoms with Gasteiger partial charge in [0, 0.05) is 42.1 Å². The first kappa shape index (κ1) is 20.6. The number of aliphatic hydroxyl groups is 1. The van der Waals surface area contributed by atoms with Crippen molar-refractivity contribution in [2.75, 3.05) is 11.9 Å². The van der Waals surface area contributed by atoms with E-state index in [-0.39, 0.29) is 49.3 Å². The van der Waals surface area contributed by atoms with E-state index in [1.807, 2.05) is 18.2 Å². The second-order valence-electron chi connectivity index (χ2n) is 7.40. The smallest absolute Gasteiger partial charge is 0.238 e. The normalized spacial score (nSPS) is 28.1. The van der Waals surface area contributed by atoms with Crippen molar-refractivity contribution < 1.29 is 10.2 Å². The molecule has 0 spiro atoms. The van der Waals surface area contributed by atoms with Crippen LogP contribution in [0.4, 0.5) is 11.8 Å². The van der Waals surface area contributed by atoms with Crippen molar-refractivity contribution in [2.24, 2.45) is 22.7 Å². The quantitative estimate of drug-likeness (QED) is 0.602. The monoisotopic (exact) mass is 423 g/mol. The van der Waals surface area contributed by atoms with E-state index < -0.39 is 0 Å². The fraction of sp³-hybridized carbons (Fsp3) is 0.421. The Morgan fingerprint density at radius 2 is 2.07 bits per heavy atom. The highest BCUT2D eigenvalue weighted by Crippen LogP contribution is 2.49. The number of hydrogen-bond acceptors (Lipinski definition) is 6. The number of aromatic hydroxyl groups is 1. The number of rotatable bonds is 4. The highest BCUT2D eigenvalue weighted by molar-refractivity contribution is 6.20. The number of aromatic amines is 1. The number of hydrogen-bond donors (Lipinski definition) is 4. The zero-order valence-corrected chi connectivity index (χ0v) is 16.7. The third-order valence-corrected chi connectivity index (χ3v) is 6.04. The van der Waals surface area contributed by atoms with Gasteiger partial charge in [-0.3, -0.25) is 0 Å². The molecule has 4 N–H and O–H groups in total. The summed E-state index contributed by atoms with van der Waals surface area (Å²) in [6.07, 6.45) is 8.86. The highest BCUT2D eigenvalue weighted by Gasteiger charge is 2.47. The van der Waals surface area contributed by atoms with Crippen LogP contribution in [-0.2, 0) is 0 Å². The number of nitrogens with one attached hydrogen (secondary N) is 2. The number of pyridine rings is 1. The van der Waals surface area contributed by atoms with Crippen LogP contribution < -0.4 is 5.32 Å². The summed E-state index contributed by atoms with van der Waals surface area (Å²) in [6, 6.07) is 4.03. The number of allylic oxidation sites excluding steroid dienone is 1. The van der Waals surface area contributed by atoms with E-state index in [1.165, 1.54) is 19.3 Å².